The van der Waals surface area contributed by atoms with Crippen LogP contribution in [0.4, 0.5) is 10.1 Å². The fraction of sp³-hybridized carbons (Fsp3) is 0.448. The highest BCUT2D eigenvalue weighted by Crippen LogP contribution is 2.49. The van der Waals surface area contributed by atoms with E-state index in [0.717, 1.165) is 36.2 Å². The molecular formula is C29H33FN6O4. The Labute approximate surface area is 231 Å². The monoisotopic (exact) mass is 548 g/mol. The Bertz CT molecular complexity index is 1470. The number of hydrogen-bond donors (Lipinski definition) is 2. The molecule has 40 heavy (non-hydrogen) atoms. The van der Waals surface area contributed by atoms with E-state index >= 15 is 4.39 Å². The number of allylic oxidation sites excluding steroid dienone is 2. The number of nitrogens with zero attached hydrogens (tertiary/aromatic N) is 4. The maximum atomic E-state index is 15.5. The van der Waals surface area contributed by atoms with Crippen LogP contribution in [0, 0.1) is 24.6 Å². The number of amides is 2. The summed E-state index contributed by atoms with van der Waals surface area (Å²) in [5.41, 5.74) is 8.74. The molecule has 0 radical (unpaired) electrons. The summed E-state index contributed by atoms with van der Waals surface area (Å²) >= 11 is 0. The molecule has 2 aromatic heterocycles. The number of aryl methyl sites for hydroxylation is 2. The lowest BCUT2D eigenvalue weighted by Gasteiger charge is -2.26. The number of carbonyl (C=O) groups is 2. The fourth-order valence-electron chi connectivity index (χ4n) is 6.03. The molecule has 6 rings (SSSR count). The summed E-state index contributed by atoms with van der Waals surface area (Å²) < 4.78 is 30.7. The van der Waals surface area contributed by atoms with Gasteiger partial charge in [0, 0.05) is 36.6 Å². The van der Waals surface area contributed by atoms with E-state index in [2.05, 4.69) is 15.5 Å². The zero-order chi connectivity index (χ0) is 28.0. The number of nitrogens with two attached hydrogens (primary N) is 1. The first-order chi connectivity index (χ1) is 19.3. The molecule has 0 saturated carbocycles. The van der Waals surface area contributed by atoms with Crippen LogP contribution in [0.25, 0.3) is 11.3 Å². The van der Waals surface area contributed by atoms with Gasteiger partial charge in [0.15, 0.2) is 6.23 Å². The van der Waals surface area contributed by atoms with Crippen molar-refractivity contribution in [2.45, 2.75) is 57.5 Å². The third-order valence-electron chi connectivity index (χ3n) is 8.09. The number of hydrogen-bond acceptors (Lipinski definition) is 6. The van der Waals surface area contributed by atoms with Gasteiger partial charge < -0.3 is 20.5 Å². The van der Waals surface area contributed by atoms with E-state index in [-0.39, 0.29) is 41.4 Å². The number of nitrogens with one attached hydrogen (secondary N) is 1. The lowest BCUT2D eigenvalue weighted by atomic mass is 9.78. The minimum absolute atomic E-state index is 0.130. The average molecular weight is 549 g/mol. The second-order valence-electron chi connectivity index (χ2n) is 10.8. The summed E-state index contributed by atoms with van der Waals surface area (Å²) in [5, 5.41) is 11.5. The van der Waals surface area contributed by atoms with Crippen LogP contribution in [0.2, 0.25) is 0 Å². The molecule has 2 fully saturated rings. The normalized spacial score (nSPS) is 26.0. The average Bonchev–Trinajstić information content (AvgIpc) is 3.50. The van der Waals surface area contributed by atoms with Gasteiger partial charge >= 0.3 is 0 Å². The fourth-order valence-corrected chi connectivity index (χ4v) is 6.03. The third kappa shape index (κ3) is 4.95. The summed E-state index contributed by atoms with van der Waals surface area (Å²) in [6.07, 6.45) is 8.66. The Balaban J connectivity index is 1.18. The van der Waals surface area contributed by atoms with Gasteiger partial charge in [-0.3, -0.25) is 14.3 Å². The maximum absolute atomic E-state index is 15.5. The van der Waals surface area contributed by atoms with Crippen LogP contribution in [0.3, 0.4) is 0 Å². The molecule has 5 unspecified atom stereocenters. The molecule has 3 N–H and O–H groups in total. The van der Waals surface area contributed by atoms with Crippen molar-refractivity contribution in [1.82, 2.24) is 19.6 Å². The van der Waals surface area contributed by atoms with Gasteiger partial charge in [-0.25, -0.2) is 9.07 Å². The number of anilines is 1. The summed E-state index contributed by atoms with van der Waals surface area (Å²) in [4.78, 5) is 25.1. The molecule has 3 aromatic rings. The molecule has 5 atom stereocenters. The number of epoxide rings is 1. The molecule has 2 amide bonds. The van der Waals surface area contributed by atoms with E-state index in [0.29, 0.717) is 25.0 Å². The van der Waals surface area contributed by atoms with Crippen LogP contribution < -0.4 is 11.1 Å². The molecule has 10 nitrogen and oxygen atoms in total. The van der Waals surface area contributed by atoms with Gasteiger partial charge in [0.2, 0.25) is 5.91 Å². The summed E-state index contributed by atoms with van der Waals surface area (Å²) in [6.45, 7) is 2.62. The van der Waals surface area contributed by atoms with Crippen molar-refractivity contribution in [1.29, 1.82) is 0 Å². The van der Waals surface area contributed by atoms with E-state index < -0.39 is 17.9 Å². The van der Waals surface area contributed by atoms with Gasteiger partial charge in [-0.1, -0.05) is 24.3 Å². The predicted octanol–water partition coefficient (Wildman–Crippen LogP) is 4.19. The molecule has 210 valence electrons. The largest absolute Gasteiger partial charge is 0.364 e. The molecule has 0 bridgehead atoms. The minimum atomic E-state index is -0.676. The van der Waals surface area contributed by atoms with Crippen LogP contribution in [0.5, 0.6) is 0 Å². The number of aromatic nitrogens is 4. The number of halogens is 1. The highest BCUT2D eigenvalue weighted by molar-refractivity contribution is 6.02. The SMILES string of the molecule is Cc1cc(-c2ccc(C3OC3C3CC=CCC3C(=O)Nc3cnn(C)c3C(N)=O)c(F)c2)n(C2CCCCO2)n1. The van der Waals surface area contributed by atoms with Gasteiger partial charge in [-0.2, -0.15) is 10.2 Å². The van der Waals surface area contributed by atoms with Crippen molar-refractivity contribution in [3.8, 4) is 11.3 Å². The molecule has 1 aliphatic carbocycles. The Morgan fingerprint density at radius 2 is 2.00 bits per heavy atom. The molecule has 11 heteroatoms. The molecule has 2 aliphatic heterocycles. The van der Waals surface area contributed by atoms with Crippen LogP contribution >= 0.6 is 0 Å². The number of carbonyl (C=O) groups excluding carboxylic acids is 2. The van der Waals surface area contributed by atoms with Crippen molar-refractivity contribution >= 4 is 17.5 Å². The van der Waals surface area contributed by atoms with Crippen molar-refractivity contribution in [2.24, 2.45) is 24.6 Å². The lowest BCUT2D eigenvalue weighted by Crippen LogP contribution is -2.34. The summed E-state index contributed by atoms with van der Waals surface area (Å²) in [5.74, 6) is -1.83. The zero-order valence-corrected chi connectivity index (χ0v) is 22.5. The van der Waals surface area contributed by atoms with E-state index in [1.807, 2.05) is 35.9 Å². The van der Waals surface area contributed by atoms with Crippen molar-refractivity contribution in [3.63, 3.8) is 0 Å². The highest BCUT2D eigenvalue weighted by atomic mass is 19.1. The van der Waals surface area contributed by atoms with E-state index in [1.165, 1.54) is 16.9 Å². The Kier molecular flexibility index (Phi) is 7.01. The molecule has 3 aliphatic rings. The topological polar surface area (TPSA) is 130 Å². The maximum Gasteiger partial charge on any atom is 0.269 e. The lowest BCUT2D eigenvalue weighted by molar-refractivity contribution is -0.121. The quantitative estimate of drug-likeness (QED) is 0.336. The summed E-state index contributed by atoms with van der Waals surface area (Å²) in [7, 11) is 1.59. The molecule has 4 heterocycles. The highest BCUT2D eigenvalue weighted by Gasteiger charge is 2.51. The number of ether oxygens (including phenoxy) is 2. The van der Waals surface area contributed by atoms with Gasteiger partial charge in [0.1, 0.15) is 17.6 Å². The Hall–Kier alpha value is -3.83. The van der Waals surface area contributed by atoms with Crippen molar-refractivity contribution < 1.29 is 23.5 Å². The van der Waals surface area contributed by atoms with Crippen molar-refractivity contribution in [2.75, 3.05) is 11.9 Å². The third-order valence-corrected chi connectivity index (χ3v) is 8.09. The Morgan fingerprint density at radius 3 is 2.75 bits per heavy atom. The van der Waals surface area contributed by atoms with E-state index in [4.69, 9.17) is 15.2 Å². The van der Waals surface area contributed by atoms with Crippen LogP contribution in [-0.2, 0) is 21.3 Å². The number of primary amides is 1. The van der Waals surface area contributed by atoms with E-state index in [9.17, 15) is 9.59 Å². The summed E-state index contributed by atoms with van der Waals surface area (Å²) in [6, 6.07) is 7.15. The van der Waals surface area contributed by atoms with Gasteiger partial charge in [-0.05, 0) is 51.2 Å². The smallest absolute Gasteiger partial charge is 0.269 e. The second kappa shape index (κ2) is 10.6. The molecular weight excluding hydrogens is 515 g/mol. The first-order valence-corrected chi connectivity index (χ1v) is 13.7. The molecule has 2 saturated heterocycles. The van der Waals surface area contributed by atoms with Gasteiger partial charge in [0.25, 0.3) is 5.91 Å². The van der Waals surface area contributed by atoms with Gasteiger partial charge in [0.05, 0.1) is 29.4 Å². The second-order valence-corrected chi connectivity index (χ2v) is 10.8. The predicted molar refractivity (Wildman–Crippen MR) is 145 cm³/mol. The first-order valence-electron chi connectivity index (χ1n) is 13.7. The van der Waals surface area contributed by atoms with Crippen LogP contribution in [0.1, 0.15) is 66.2 Å². The number of rotatable bonds is 7. The van der Waals surface area contributed by atoms with Crippen LogP contribution in [-0.4, -0.2) is 44.1 Å². The number of benzene rings is 1. The Morgan fingerprint density at radius 1 is 1.18 bits per heavy atom. The molecule has 1 aromatic carbocycles. The van der Waals surface area contributed by atoms with Crippen molar-refractivity contribution in [3.05, 3.63) is 65.4 Å². The first kappa shape index (κ1) is 26.4. The minimum Gasteiger partial charge on any atom is -0.364 e. The van der Waals surface area contributed by atoms with Gasteiger partial charge in [-0.15, -0.1) is 0 Å². The standard InChI is InChI=1S/C29H33FN6O4/c1-16-13-23(36(34-16)24-9-5-6-12-39-24)17-10-11-20(21(30)14-17)27-26(40-27)18-7-3-4-8-19(18)29(38)33-22-15-32-35(2)25(22)28(31)37/h3-4,10-11,13-15,18-19,24,26-27H,5-9,12H2,1-2H3,(H2,31,37)(H,33,38). The molecule has 0 spiro atoms. The van der Waals surface area contributed by atoms with Crippen LogP contribution in [0.15, 0.2) is 42.6 Å². The zero-order valence-electron chi connectivity index (χ0n) is 22.5. The van der Waals surface area contributed by atoms with E-state index in [1.54, 1.807) is 13.1 Å².